The van der Waals surface area contributed by atoms with Crippen LogP contribution in [0.4, 0.5) is 4.39 Å². The van der Waals surface area contributed by atoms with E-state index in [0.717, 1.165) is 18.7 Å². The maximum atomic E-state index is 13.1. The second-order valence-corrected chi connectivity index (χ2v) is 4.05. The first-order chi connectivity index (χ1) is 6.77. The number of nitrogens with one attached hydrogen (secondary N) is 1. The SMILES string of the molecule is Cc1cc([C@H]2CCCNC2)ccc1F. The van der Waals surface area contributed by atoms with Gasteiger partial charge in [-0.2, -0.15) is 0 Å². The first kappa shape index (κ1) is 9.66. The Bertz CT molecular complexity index is 316. The van der Waals surface area contributed by atoms with Crippen molar-refractivity contribution in [2.75, 3.05) is 13.1 Å². The van der Waals surface area contributed by atoms with Crippen LogP contribution in [-0.2, 0) is 0 Å². The maximum Gasteiger partial charge on any atom is 0.126 e. The maximum absolute atomic E-state index is 13.1. The van der Waals surface area contributed by atoms with Crippen molar-refractivity contribution >= 4 is 0 Å². The topological polar surface area (TPSA) is 12.0 Å². The largest absolute Gasteiger partial charge is 0.316 e. The van der Waals surface area contributed by atoms with Gasteiger partial charge in [0.2, 0.25) is 0 Å². The molecule has 1 heterocycles. The number of aryl methyl sites for hydroxylation is 1. The monoisotopic (exact) mass is 193 g/mol. The van der Waals surface area contributed by atoms with Crippen LogP contribution in [0.2, 0.25) is 0 Å². The quantitative estimate of drug-likeness (QED) is 0.723. The molecule has 0 aliphatic carbocycles. The fourth-order valence-electron chi connectivity index (χ4n) is 2.06. The molecule has 0 amide bonds. The Balaban J connectivity index is 2.18. The van der Waals surface area contributed by atoms with Crippen LogP contribution in [0.3, 0.4) is 0 Å². The molecular formula is C12H16FN. The van der Waals surface area contributed by atoms with Crippen molar-refractivity contribution < 1.29 is 4.39 Å². The van der Waals surface area contributed by atoms with Gasteiger partial charge in [0.05, 0.1) is 0 Å². The molecule has 0 radical (unpaired) electrons. The molecule has 1 saturated heterocycles. The lowest BCUT2D eigenvalue weighted by molar-refractivity contribution is 0.461. The van der Waals surface area contributed by atoms with Crippen molar-refractivity contribution in [3.63, 3.8) is 0 Å². The van der Waals surface area contributed by atoms with Crippen LogP contribution >= 0.6 is 0 Å². The lowest BCUT2D eigenvalue weighted by Crippen LogP contribution is -2.28. The molecule has 76 valence electrons. The van der Waals surface area contributed by atoms with E-state index >= 15 is 0 Å². The zero-order valence-electron chi connectivity index (χ0n) is 8.52. The van der Waals surface area contributed by atoms with E-state index in [2.05, 4.69) is 5.32 Å². The minimum absolute atomic E-state index is 0.0995. The Morgan fingerprint density at radius 1 is 1.43 bits per heavy atom. The summed E-state index contributed by atoms with van der Waals surface area (Å²) in [5.41, 5.74) is 2.03. The zero-order chi connectivity index (χ0) is 9.97. The van der Waals surface area contributed by atoms with E-state index in [9.17, 15) is 4.39 Å². The lowest BCUT2D eigenvalue weighted by Gasteiger charge is -2.23. The normalized spacial score (nSPS) is 22.3. The summed E-state index contributed by atoms with van der Waals surface area (Å²) in [4.78, 5) is 0. The fourth-order valence-corrected chi connectivity index (χ4v) is 2.06. The van der Waals surface area contributed by atoms with Gasteiger partial charge in [0.1, 0.15) is 5.82 Å². The standard InChI is InChI=1S/C12H16FN/c1-9-7-10(4-5-12(9)13)11-3-2-6-14-8-11/h4-5,7,11,14H,2-3,6,8H2,1H3/t11-/m0/s1. The molecule has 1 aliphatic rings. The average Bonchev–Trinajstić information content (AvgIpc) is 2.23. The third-order valence-corrected chi connectivity index (χ3v) is 2.95. The van der Waals surface area contributed by atoms with Crippen molar-refractivity contribution in [1.82, 2.24) is 5.32 Å². The highest BCUT2D eigenvalue weighted by Crippen LogP contribution is 2.24. The number of hydrogen-bond donors (Lipinski definition) is 1. The van der Waals surface area contributed by atoms with Gasteiger partial charge in [-0.1, -0.05) is 12.1 Å². The van der Waals surface area contributed by atoms with Gasteiger partial charge in [0.15, 0.2) is 0 Å². The summed E-state index contributed by atoms with van der Waals surface area (Å²) in [6, 6.07) is 5.48. The van der Waals surface area contributed by atoms with Crippen molar-refractivity contribution in [2.45, 2.75) is 25.7 Å². The van der Waals surface area contributed by atoms with Crippen molar-refractivity contribution in [3.8, 4) is 0 Å². The van der Waals surface area contributed by atoms with E-state index in [0.29, 0.717) is 5.92 Å². The van der Waals surface area contributed by atoms with Crippen LogP contribution in [0.5, 0.6) is 0 Å². The van der Waals surface area contributed by atoms with E-state index in [1.807, 2.05) is 19.1 Å². The summed E-state index contributed by atoms with van der Waals surface area (Å²) in [5, 5.41) is 3.37. The zero-order valence-corrected chi connectivity index (χ0v) is 8.52. The van der Waals surface area contributed by atoms with Gasteiger partial charge in [-0.05, 0) is 49.4 Å². The van der Waals surface area contributed by atoms with Gasteiger partial charge in [0, 0.05) is 6.54 Å². The molecule has 1 aromatic rings. The summed E-state index contributed by atoms with van der Waals surface area (Å²) in [6.45, 7) is 3.98. The molecule has 1 atom stereocenters. The summed E-state index contributed by atoms with van der Waals surface area (Å²) < 4.78 is 13.1. The second kappa shape index (κ2) is 4.09. The van der Waals surface area contributed by atoms with Crippen molar-refractivity contribution in [3.05, 3.63) is 35.1 Å². The molecule has 1 N–H and O–H groups in total. The molecule has 0 spiro atoms. The Labute approximate surface area is 84.3 Å². The lowest BCUT2D eigenvalue weighted by atomic mass is 9.91. The second-order valence-electron chi connectivity index (χ2n) is 4.05. The predicted octanol–water partition coefficient (Wildman–Crippen LogP) is 2.60. The number of rotatable bonds is 1. The van der Waals surface area contributed by atoms with E-state index in [1.165, 1.54) is 18.4 Å². The van der Waals surface area contributed by atoms with Gasteiger partial charge in [-0.15, -0.1) is 0 Å². The molecule has 2 heteroatoms. The Hall–Kier alpha value is -0.890. The first-order valence-electron chi connectivity index (χ1n) is 5.24. The van der Waals surface area contributed by atoms with Gasteiger partial charge in [-0.25, -0.2) is 4.39 Å². The fraction of sp³-hybridized carbons (Fsp3) is 0.500. The highest BCUT2D eigenvalue weighted by molar-refractivity contribution is 5.27. The van der Waals surface area contributed by atoms with Gasteiger partial charge >= 0.3 is 0 Å². The third-order valence-electron chi connectivity index (χ3n) is 2.95. The molecule has 0 aromatic heterocycles. The summed E-state index contributed by atoms with van der Waals surface area (Å²) in [5.74, 6) is 0.473. The molecule has 1 aliphatic heterocycles. The molecule has 1 fully saturated rings. The summed E-state index contributed by atoms with van der Waals surface area (Å²) >= 11 is 0. The smallest absolute Gasteiger partial charge is 0.126 e. The minimum atomic E-state index is -0.0995. The first-order valence-corrected chi connectivity index (χ1v) is 5.24. The highest BCUT2D eigenvalue weighted by Gasteiger charge is 2.15. The van der Waals surface area contributed by atoms with Gasteiger partial charge in [-0.3, -0.25) is 0 Å². The van der Waals surface area contributed by atoms with Crippen molar-refractivity contribution in [1.29, 1.82) is 0 Å². The molecule has 0 saturated carbocycles. The van der Waals surface area contributed by atoms with E-state index in [4.69, 9.17) is 0 Å². The van der Waals surface area contributed by atoms with E-state index in [-0.39, 0.29) is 5.82 Å². The molecule has 14 heavy (non-hydrogen) atoms. The molecule has 2 rings (SSSR count). The number of piperidine rings is 1. The minimum Gasteiger partial charge on any atom is -0.316 e. The van der Waals surface area contributed by atoms with Crippen LogP contribution < -0.4 is 5.32 Å². The van der Waals surface area contributed by atoms with Crippen LogP contribution in [0.25, 0.3) is 0 Å². The van der Waals surface area contributed by atoms with Crippen LogP contribution in [0.15, 0.2) is 18.2 Å². The molecule has 0 bridgehead atoms. The highest BCUT2D eigenvalue weighted by atomic mass is 19.1. The summed E-state index contributed by atoms with van der Waals surface area (Å²) in [7, 11) is 0. The number of halogens is 1. The Kier molecular flexibility index (Phi) is 2.82. The van der Waals surface area contributed by atoms with Crippen LogP contribution in [-0.4, -0.2) is 13.1 Å². The number of hydrogen-bond acceptors (Lipinski definition) is 1. The van der Waals surface area contributed by atoms with E-state index < -0.39 is 0 Å². The Morgan fingerprint density at radius 2 is 2.29 bits per heavy atom. The van der Waals surface area contributed by atoms with E-state index in [1.54, 1.807) is 6.07 Å². The Morgan fingerprint density at radius 3 is 2.93 bits per heavy atom. The predicted molar refractivity (Wildman–Crippen MR) is 56.0 cm³/mol. The average molecular weight is 193 g/mol. The van der Waals surface area contributed by atoms with Crippen LogP contribution in [0.1, 0.15) is 29.9 Å². The molecule has 0 unspecified atom stereocenters. The van der Waals surface area contributed by atoms with Crippen molar-refractivity contribution in [2.24, 2.45) is 0 Å². The third kappa shape index (κ3) is 1.95. The molecular weight excluding hydrogens is 177 g/mol. The number of benzene rings is 1. The molecule has 1 nitrogen and oxygen atoms in total. The molecule has 1 aromatic carbocycles. The van der Waals surface area contributed by atoms with Gasteiger partial charge in [0.25, 0.3) is 0 Å². The van der Waals surface area contributed by atoms with Crippen LogP contribution in [0, 0.1) is 12.7 Å². The van der Waals surface area contributed by atoms with Gasteiger partial charge < -0.3 is 5.32 Å². The summed E-state index contributed by atoms with van der Waals surface area (Å²) in [6.07, 6.45) is 2.44.